The van der Waals surface area contributed by atoms with Gasteiger partial charge in [0, 0.05) is 0 Å². The van der Waals surface area contributed by atoms with E-state index in [4.69, 9.17) is 4.74 Å². The summed E-state index contributed by atoms with van der Waals surface area (Å²) in [7, 11) is 1.46. The number of hydrogen-bond acceptors (Lipinski definition) is 3. The Hall–Kier alpha value is -0.570. The van der Waals surface area contributed by atoms with Gasteiger partial charge in [-0.05, 0) is 41.9 Å². The maximum atomic E-state index is 12.1. The molecule has 1 aliphatic carbocycles. The third-order valence-corrected chi connectivity index (χ3v) is 4.97. The van der Waals surface area contributed by atoms with Crippen molar-refractivity contribution in [3.05, 3.63) is 0 Å². The summed E-state index contributed by atoms with van der Waals surface area (Å²) in [5, 5.41) is 10.6. The minimum atomic E-state index is -0.339. The number of methoxy groups -OCH3 is 1. The first kappa shape index (κ1) is 17.5. The number of rotatable bonds is 1. The Morgan fingerprint density at radius 2 is 1.55 bits per heavy atom. The second kappa shape index (κ2) is 6.05. The van der Waals surface area contributed by atoms with E-state index in [1.165, 1.54) is 7.11 Å². The van der Waals surface area contributed by atoms with E-state index in [0.29, 0.717) is 5.92 Å². The molecule has 1 saturated carbocycles. The molecule has 0 aliphatic heterocycles. The SMILES string of the molecule is COC(=O)C1CC(C(C)(C)C)CC(O)C(C(C)(C)C)C1. The fourth-order valence-electron chi connectivity index (χ4n) is 3.45. The van der Waals surface area contributed by atoms with Crippen LogP contribution in [0.5, 0.6) is 0 Å². The van der Waals surface area contributed by atoms with Gasteiger partial charge in [-0.3, -0.25) is 4.79 Å². The summed E-state index contributed by atoms with van der Waals surface area (Å²) >= 11 is 0. The lowest BCUT2D eigenvalue weighted by Gasteiger charge is -2.35. The van der Waals surface area contributed by atoms with E-state index >= 15 is 0 Å². The van der Waals surface area contributed by atoms with E-state index in [1.54, 1.807) is 0 Å². The van der Waals surface area contributed by atoms with Crippen LogP contribution in [0.3, 0.4) is 0 Å². The first-order valence-corrected chi connectivity index (χ1v) is 7.72. The minimum Gasteiger partial charge on any atom is -0.469 e. The molecule has 118 valence electrons. The minimum absolute atomic E-state index is 0.00153. The molecule has 0 aromatic heterocycles. The smallest absolute Gasteiger partial charge is 0.308 e. The van der Waals surface area contributed by atoms with Crippen molar-refractivity contribution in [3.8, 4) is 0 Å². The van der Waals surface area contributed by atoms with Crippen LogP contribution in [0.2, 0.25) is 0 Å². The third-order valence-electron chi connectivity index (χ3n) is 4.97. The van der Waals surface area contributed by atoms with Gasteiger partial charge in [0.1, 0.15) is 0 Å². The first-order valence-electron chi connectivity index (χ1n) is 7.72. The molecule has 1 fully saturated rings. The van der Waals surface area contributed by atoms with Crippen LogP contribution in [0.4, 0.5) is 0 Å². The van der Waals surface area contributed by atoms with Crippen LogP contribution >= 0.6 is 0 Å². The second-order valence-corrected chi connectivity index (χ2v) is 8.53. The van der Waals surface area contributed by atoms with Crippen molar-refractivity contribution >= 4 is 5.97 Å². The van der Waals surface area contributed by atoms with Crippen LogP contribution in [0.15, 0.2) is 0 Å². The molecule has 0 aromatic rings. The monoisotopic (exact) mass is 284 g/mol. The highest BCUT2D eigenvalue weighted by Gasteiger charge is 2.43. The summed E-state index contributed by atoms with van der Waals surface area (Å²) in [4.78, 5) is 12.1. The normalized spacial score (nSPS) is 32.6. The zero-order valence-corrected chi connectivity index (χ0v) is 14.2. The van der Waals surface area contributed by atoms with Crippen LogP contribution in [-0.4, -0.2) is 24.3 Å². The predicted octanol–water partition coefficient (Wildman–Crippen LogP) is 3.65. The zero-order valence-electron chi connectivity index (χ0n) is 14.2. The summed E-state index contributed by atoms with van der Waals surface area (Å²) in [6.07, 6.45) is 1.98. The van der Waals surface area contributed by atoms with Crippen molar-refractivity contribution in [2.45, 2.75) is 66.9 Å². The number of aliphatic hydroxyl groups is 1. The third kappa shape index (κ3) is 4.21. The molecule has 0 spiro atoms. The number of ether oxygens (including phenoxy) is 1. The van der Waals surface area contributed by atoms with Crippen molar-refractivity contribution in [2.24, 2.45) is 28.6 Å². The van der Waals surface area contributed by atoms with Crippen molar-refractivity contribution in [3.63, 3.8) is 0 Å². The van der Waals surface area contributed by atoms with E-state index in [1.807, 2.05) is 0 Å². The summed E-state index contributed by atoms with van der Waals surface area (Å²) in [6.45, 7) is 13.0. The van der Waals surface area contributed by atoms with Crippen LogP contribution in [0.25, 0.3) is 0 Å². The van der Waals surface area contributed by atoms with Gasteiger partial charge >= 0.3 is 5.97 Å². The Morgan fingerprint density at radius 1 is 1.00 bits per heavy atom. The predicted molar refractivity (Wildman–Crippen MR) is 81.3 cm³/mol. The molecular formula is C17H32O3. The molecule has 1 rings (SSSR count). The van der Waals surface area contributed by atoms with Crippen molar-refractivity contribution in [2.75, 3.05) is 7.11 Å². The Kier molecular flexibility index (Phi) is 5.29. The van der Waals surface area contributed by atoms with Gasteiger partial charge in [0.05, 0.1) is 19.1 Å². The quantitative estimate of drug-likeness (QED) is 0.590. The Morgan fingerprint density at radius 3 is 1.95 bits per heavy atom. The van der Waals surface area contributed by atoms with Gasteiger partial charge in [0.25, 0.3) is 0 Å². The molecule has 4 unspecified atom stereocenters. The molecular weight excluding hydrogens is 252 g/mol. The second-order valence-electron chi connectivity index (χ2n) is 8.53. The van der Waals surface area contributed by atoms with Crippen molar-refractivity contribution in [1.29, 1.82) is 0 Å². The first-order chi connectivity index (χ1) is 8.96. The van der Waals surface area contributed by atoms with E-state index in [2.05, 4.69) is 41.5 Å². The molecule has 0 aromatic carbocycles. The van der Waals surface area contributed by atoms with Gasteiger partial charge in [-0.2, -0.15) is 0 Å². The van der Waals surface area contributed by atoms with Gasteiger partial charge in [0.2, 0.25) is 0 Å². The molecule has 20 heavy (non-hydrogen) atoms. The van der Waals surface area contributed by atoms with Crippen LogP contribution < -0.4 is 0 Å². The van der Waals surface area contributed by atoms with E-state index in [9.17, 15) is 9.90 Å². The Balaban J connectivity index is 3.05. The maximum Gasteiger partial charge on any atom is 0.308 e. The van der Waals surface area contributed by atoms with Crippen molar-refractivity contribution < 1.29 is 14.6 Å². The summed E-state index contributed by atoms with van der Waals surface area (Å²) in [5.41, 5.74) is 0.0957. The van der Waals surface area contributed by atoms with Gasteiger partial charge in [-0.15, -0.1) is 0 Å². The molecule has 1 aliphatic rings. The Bertz CT molecular complexity index is 335. The maximum absolute atomic E-state index is 12.1. The van der Waals surface area contributed by atoms with Gasteiger partial charge in [-0.1, -0.05) is 41.5 Å². The van der Waals surface area contributed by atoms with E-state index < -0.39 is 0 Å². The molecule has 0 heterocycles. The van der Waals surface area contributed by atoms with Crippen LogP contribution in [0.1, 0.15) is 60.8 Å². The molecule has 3 heteroatoms. The molecule has 3 nitrogen and oxygen atoms in total. The zero-order chi connectivity index (χ0) is 15.7. The average molecular weight is 284 g/mol. The Labute approximate surface area is 124 Å². The summed E-state index contributed by atoms with van der Waals surface area (Å²) < 4.78 is 4.98. The highest BCUT2D eigenvalue weighted by Crippen LogP contribution is 2.45. The van der Waals surface area contributed by atoms with Crippen LogP contribution in [-0.2, 0) is 9.53 Å². The number of aliphatic hydroxyl groups excluding tert-OH is 1. The highest BCUT2D eigenvalue weighted by atomic mass is 16.5. The largest absolute Gasteiger partial charge is 0.469 e. The van der Waals surface area contributed by atoms with Gasteiger partial charge in [0.15, 0.2) is 0 Å². The molecule has 0 amide bonds. The van der Waals surface area contributed by atoms with Gasteiger partial charge < -0.3 is 9.84 Å². The van der Waals surface area contributed by atoms with Crippen LogP contribution in [0, 0.1) is 28.6 Å². The fourth-order valence-corrected chi connectivity index (χ4v) is 3.45. The summed E-state index contributed by atoms with van der Waals surface area (Å²) in [6, 6.07) is 0. The lowest BCUT2D eigenvalue weighted by atomic mass is 9.72. The lowest BCUT2D eigenvalue weighted by molar-refractivity contribution is -0.147. The summed E-state index contributed by atoms with van der Waals surface area (Å²) in [5.74, 6) is 0.265. The highest BCUT2D eigenvalue weighted by molar-refractivity contribution is 5.72. The van der Waals surface area contributed by atoms with E-state index in [-0.39, 0.29) is 34.7 Å². The number of carbonyl (C=O) groups is 1. The number of esters is 1. The van der Waals surface area contributed by atoms with Crippen molar-refractivity contribution in [1.82, 2.24) is 0 Å². The van der Waals surface area contributed by atoms with E-state index in [0.717, 1.165) is 19.3 Å². The molecule has 0 saturated heterocycles. The average Bonchev–Trinajstić information content (AvgIpc) is 2.46. The topological polar surface area (TPSA) is 46.5 Å². The number of carbonyl (C=O) groups excluding carboxylic acids is 1. The molecule has 0 bridgehead atoms. The fraction of sp³-hybridized carbons (Fsp3) is 0.941. The van der Waals surface area contributed by atoms with Gasteiger partial charge in [-0.25, -0.2) is 0 Å². The molecule has 0 radical (unpaired) electrons. The lowest BCUT2D eigenvalue weighted by Crippen LogP contribution is -2.34. The standard InChI is InChI=1S/C17H32O3/c1-16(2,3)12-8-11(15(19)20-7)9-13(14(18)10-12)17(4,5)6/h11-14,18H,8-10H2,1-7H3. The molecule has 1 N–H and O–H groups in total. The molecule has 4 atom stereocenters. The number of hydrogen-bond donors (Lipinski definition) is 1.